The lowest BCUT2D eigenvalue weighted by atomic mass is 9.86. The van der Waals surface area contributed by atoms with Crippen molar-refractivity contribution in [1.82, 2.24) is 5.43 Å². The average Bonchev–Trinajstić information content (AvgIpc) is 2.29. The van der Waals surface area contributed by atoms with E-state index in [4.69, 9.17) is 0 Å². The van der Waals surface area contributed by atoms with Crippen LogP contribution in [0.4, 0.5) is 0 Å². The predicted molar refractivity (Wildman–Crippen MR) is 61.8 cm³/mol. The molecule has 84 valence electrons. The van der Waals surface area contributed by atoms with Crippen LogP contribution in [0.5, 0.6) is 0 Å². The summed E-state index contributed by atoms with van der Waals surface area (Å²) >= 11 is 0. The molecule has 0 aliphatic carbocycles. The minimum Gasteiger partial charge on any atom is -0.244 e. The molecule has 0 saturated carbocycles. The van der Waals surface area contributed by atoms with Crippen LogP contribution in [0.1, 0.15) is 48.0 Å². The third kappa shape index (κ3) is 2.12. The first-order valence-corrected chi connectivity index (χ1v) is 5.70. The highest BCUT2D eigenvalue weighted by Gasteiger charge is 2.46. The van der Waals surface area contributed by atoms with E-state index in [9.17, 15) is 0 Å². The van der Waals surface area contributed by atoms with Crippen molar-refractivity contribution in [3.05, 3.63) is 0 Å². The zero-order valence-electron chi connectivity index (χ0n) is 10.9. The normalized spacial score (nSPS) is 34.9. The van der Waals surface area contributed by atoms with Crippen LogP contribution in [0.2, 0.25) is 0 Å². The number of hydrogen-bond donors (Lipinski definition) is 1. The van der Waals surface area contributed by atoms with Crippen LogP contribution in [-0.2, 0) is 0 Å². The molecule has 1 N–H and O–H groups in total. The molecule has 14 heavy (non-hydrogen) atoms. The van der Waals surface area contributed by atoms with Crippen molar-refractivity contribution in [1.29, 1.82) is 0 Å². The van der Waals surface area contributed by atoms with E-state index in [0.717, 1.165) is 4.59 Å². The topological polar surface area (TPSA) is 12.0 Å². The van der Waals surface area contributed by atoms with E-state index in [1.807, 2.05) is 0 Å². The summed E-state index contributed by atoms with van der Waals surface area (Å²) in [5, 5.41) is 0. The van der Waals surface area contributed by atoms with Gasteiger partial charge in [-0.15, -0.1) is 0 Å². The van der Waals surface area contributed by atoms with Crippen molar-refractivity contribution in [3.8, 4) is 0 Å². The Morgan fingerprint density at radius 1 is 1.07 bits per heavy atom. The van der Waals surface area contributed by atoms with Crippen molar-refractivity contribution in [2.75, 3.05) is 13.6 Å². The van der Waals surface area contributed by atoms with Crippen LogP contribution in [-0.4, -0.2) is 29.8 Å². The largest absolute Gasteiger partial charge is 0.244 e. The molecule has 1 heterocycles. The third-order valence-electron chi connectivity index (χ3n) is 3.83. The third-order valence-corrected chi connectivity index (χ3v) is 3.83. The van der Waals surface area contributed by atoms with Crippen LogP contribution >= 0.6 is 0 Å². The maximum Gasteiger partial charge on any atom is 0.108 e. The van der Waals surface area contributed by atoms with Gasteiger partial charge in [0.25, 0.3) is 0 Å². The first kappa shape index (κ1) is 12.0. The Balaban J connectivity index is 2.75. The Hall–Kier alpha value is -0.0800. The molecule has 0 radical (unpaired) electrons. The quantitative estimate of drug-likeness (QED) is 0.591. The molecule has 1 aliphatic rings. The Kier molecular flexibility index (Phi) is 2.75. The second-order valence-electron chi connectivity index (χ2n) is 6.92. The minimum atomic E-state index is 0.292. The number of hydrogen-bond acceptors (Lipinski definition) is 1. The molecule has 2 unspecified atom stereocenters. The first-order valence-electron chi connectivity index (χ1n) is 5.70. The Morgan fingerprint density at radius 3 is 1.79 bits per heavy atom. The Morgan fingerprint density at radius 2 is 1.57 bits per heavy atom. The maximum atomic E-state index is 3.78. The molecule has 0 aromatic heterocycles. The zero-order chi connectivity index (χ0) is 11.2. The van der Waals surface area contributed by atoms with E-state index in [0.29, 0.717) is 17.0 Å². The van der Waals surface area contributed by atoms with Crippen molar-refractivity contribution in [2.45, 2.75) is 59.5 Å². The van der Waals surface area contributed by atoms with Gasteiger partial charge >= 0.3 is 0 Å². The van der Waals surface area contributed by atoms with Gasteiger partial charge in [0.2, 0.25) is 0 Å². The van der Waals surface area contributed by atoms with Gasteiger partial charge in [0, 0.05) is 6.42 Å². The standard InChI is InChI=1S/C12H27N2/c1-11(2,3)10-8-9-14(7,13-10)12(4,5)6/h10,13H,8-9H2,1-7H3/q+1. The van der Waals surface area contributed by atoms with Gasteiger partial charge in [0.1, 0.15) is 5.54 Å². The maximum absolute atomic E-state index is 3.78. The number of rotatable bonds is 0. The summed E-state index contributed by atoms with van der Waals surface area (Å²) in [5.74, 6) is 0. The lowest BCUT2D eigenvalue weighted by Crippen LogP contribution is -2.63. The SMILES string of the molecule is CC(C)(C)C1CC[N+](C)(C(C)(C)C)N1. The van der Waals surface area contributed by atoms with Crippen LogP contribution in [0.25, 0.3) is 0 Å². The number of quaternary nitrogens is 1. The fraction of sp³-hybridized carbons (Fsp3) is 1.00. The minimum absolute atomic E-state index is 0.292. The van der Waals surface area contributed by atoms with Gasteiger partial charge < -0.3 is 0 Å². The van der Waals surface area contributed by atoms with Crippen molar-refractivity contribution in [3.63, 3.8) is 0 Å². The van der Waals surface area contributed by atoms with Crippen LogP contribution in [0.15, 0.2) is 0 Å². The molecule has 0 spiro atoms. The van der Waals surface area contributed by atoms with Gasteiger partial charge in [-0.2, -0.15) is 5.43 Å². The highest BCUT2D eigenvalue weighted by Crippen LogP contribution is 2.32. The second-order valence-corrected chi connectivity index (χ2v) is 6.92. The second kappa shape index (κ2) is 3.21. The molecule has 0 aromatic rings. The van der Waals surface area contributed by atoms with Gasteiger partial charge in [-0.05, 0) is 26.2 Å². The van der Waals surface area contributed by atoms with Gasteiger partial charge in [-0.25, -0.2) is 4.59 Å². The highest BCUT2D eigenvalue weighted by molar-refractivity contribution is 4.82. The fourth-order valence-corrected chi connectivity index (χ4v) is 2.02. The van der Waals surface area contributed by atoms with Gasteiger partial charge in [-0.3, -0.25) is 0 Å². The van der Waals surface area contributed by atoms with Crippen LogP contribution in [0, 0.1) is 5.41 Å². The molecule has 1 fully saturated rings. The van der Waals surface area contributed by atoms with Gasteiger partial charge in [0.05, 0.1) is 19.6 Å². The molecule has 2 atom stereocenters. The van der Waals surface area contributed by atoms with Crippen molar-refractivity contribution >= 4 is 0 Å². The Labute approximate surface area is 89.2 Å². The summed E-state index contributed by atoms with van der Waals surface area (Å²) in [6.07, 6.45) is 1.29. The van der Waals surface area contributed by atoms with E-state index in [1.165, 1.54) is 13.0 Å². The Bertz CT molecular complexity index is 209. The summed E-state index contributed by atoms with van der Waals surface area (Å²) in [5.41, 5.74) is 4.45. The molecule has 0 bridgehead atoms. The molecule has 1 saturated heterocycles. The predicted octanol–water partition coefficient (Wildman–Crippen LogP) is 2.55. The van der Waals surface area contributed by atoms with Gasteiger partial charge in [0.15, 0.2) is 0 Å². The molecular formula is C12H27N2+. The van der Waals surface area contributed by atoms with Crippen LogP contribution in [0.3, 0.4) is 0 Å². The summed E-state index contributed by atoms with van der Waals surface area (Å²) < 4.78 is 0.995. The molecule has 2 heteroatoms. The van der Waals surface area contributed by atoms with E-state index in [1.54, 1.807) is 0 Å². The van der Waals surface area contributed by atoms with Crippen molar-refractivity contribution < 1.29 is 4.59 Å². The van der Waals surface area contributed by atoms with E-state index < -0.39 is 0 Å². The van der Waals surface area contributed by atoms with Crippen molar-refractivity contribution in [2.24, 2.45) is 5.41 Å². The monoisotopic (exact) mass is 199 g/mol. The molecule has 0 aromatic carbocycles. The van der Waals surface area contributed by atoms with E-state index >= 15 is 0 Å². The average molecular weight is 199 g/mol. The van der Waals surface area contributed by atoms with E-state index in [2.05, 4.69) is 54.0 Å². The lowest BCUT2D eigenvalue weighted by Gasteiger charge is -2.42. The number of nitrogens with zero attached hydrogens (tertiary/aromatic N) is 1. The summed E-state index contributed by atoms with van der Waals surface area (Å²) in [6.45, 7) is 15.1. The fourth-order valence-electron chi connectivity index (χ4n) is 2.02. The van der Waals surface area contributed by atoms with Gasteiger partial charge in [-0.1, -0.05) is 20.8 Å². The molecule has 1 aliphatic heterocycles. The molecule has 2 nitrogen and oxygen atoms in total. The summed E-state index contributed by atoms with van der Waals surface area (Å²) in [7, 11) is 2.31. The lowest BCUT2D eigenvalue weighted by molar-refractivity contribution is -0.983. The van der Waals surface area contributed by atoms with E-state index in [-0.39, 0.29) is 0 Å². The van der Waals surface area contributed by atoms with Crippen LogP contribution < -0.4 is 5.43 Å². The molecule has 1 rings (SSSR count). The first-order chi connectivity index (χ1) is 6.06. The zero-order valence-corrected chi connectivity index (χ0v) is 10.9. The summed E-state index contributed by atoms with van der Waals surface area (Å²) in [6, 6.07) is 0.645. The molecular weight excluding hydrogens is 172 g/mol. The smallest absolute Gasteiger partial charge is 0.108 e. The summed E-state index contributed by atoms with van der Waals surface area (Å²) in [4.78, 5) is 0. The molecule has 0 amide bonds. The number of nitrogens with one attached hydrogen (secondary N) is 1. The highest BCUT2D eigenvalue weighted by atomic mass is 15.7.